The summed E-state index contributed by atoms with van der Waals surface area (Å²) in [5.74, 6) is 0.200. The van der Waals surface area contributed by atoms with E-state index in [0.717, 1.165) is 17.3 Å². The van der Waals surface area contributed by atoms with Crippen LogP contribution in [0.4, 0.5) is 11.4 Å². The summed E-state index contributed by atoms with van der Waals surface area (Å²) in [4.78, 5) is 36.1. The maximum atomic E-state index is 12.8. The number of thioether (sulfide) groups is 1. The van der Waals surface area contributed by atoms with Gasteiger partial charge in [0.25, 0.3) is 11.6 Å². The molecule has 3 rings (SSSR count). The summed E-state index contributed by atoms with van der Waals surface area (Å²) in [6, 6.07) is 11.1. The van der Waals surface area contributed by atoms with Crippen molar-refractivity contribution in [3.05, 3.63) is 69.5 Å². The molecule has 0 aliphatic heterocycles. The molecular formula is C24H28N6O5S. The second-order valence-electron chi connectivity index (χ2n) is 8.44. The average molecular weight is 513 g/mol. The number of amides is 2. The van der Waals surface area contributed by atoms with Gasteiger partial charge in [-0.05, 0) is 37.1 Å². The third kappa shape index (κ3) is 6.39. The van der Waals surface area contributed by atoms with Gasteiger partial charge in [-0.3, -0.25) is 19.7 Å². The van der Waals surface area contributed by atoms with Crippen molar-refractivity contribution >= 4 is 35.0 Å². The highest BCUT2D eigenvalue weighted by molar-refractivity contribution is 7.99. The van der Waals surface area contributed by atoms with Gasteiger partial charge in [0.2, 0.25) is 5.91 Å². The van der Waals surface area contributed by atoms with Crippen molar-refractivity contribution in [1.82, 2.24) is 20.1 Å². The Hall–Kier alpha value is -3.93. The summed E-state index contributed by atoms with van der Waals surface area (Å²) in [6.45, 7) is 5.86. The molecule has 1 aromatic heterocycles. The van der Waals surface area contributed by atoms with Crippen LogP contribution in [0.25, 0.3) is 0 Å². The molecule has 2 N–H and O–H groups in total. The molecule has 0 unspecified atom stereocenters. The lowest BCUT2D eigenvalue weighted by atomic mass is 10.0. The van der Waals surface area contributed by atoms with Gasteiger partial charge in [-0.25, -0.2) is 0 Å². The van der Waals surface area contributed by atoms with E-state index in [1.54, 1.807) is 17.7 Å². The minimum absolute atomic E-state index is 0.0263. The summed E-state index contributed by atoms with van der Waals surface area (Å²) in [5.41, 5.74) is 1.35. The monoisotopic (exact) mass is 512 g/mol. The SMILES string of the molecule is COc1ccc(NC(=O)CSc2nnc([C@H](NC(=O)c3cccc(C)c3)C(C)C)n2C)c([N+](=O)[O-])c1. The van der Waals surface area contributed by atoms with Crippen molar-refractivity contribution in [3.63, 3.8) is 0 Å². The van der Waals surface area contributed by atoms with Crippen LogP contribution in [0.2, 0.25) is 0 Å². The zero-order valence-corrected chi connectivity index (χ0v) is 21.5. The second kappa shape index (κ2) is 11.7. The standard InChI is InChI=1S/C24H28N6O5S/c1-14(2)21(26-23(32)16-8-6-7-15(3)11-16)22-27-28-24(29(22)4)36-13-20(31)25-18-10-9-17(35-5)12-19(18)30(33)34/h6-12,14,21H,13H2,1-5H3,(H,25,31)(H,26,32)/t21-/m1/s1. The van der Waals surface area contributed by atoms with E-state index in [0.29, 0.717) is 22.3 Å². The van der Waals surface area contributed by atoms with Gasteiger partial charge in [0.05, 0.1) is 29.9 Å². The molecule has 3 aromatic rings. The summed E-state index contributed by atoms with van der Waals surface area (Å²) in [7, 11) is 3.17. The van der Waals surface area contributed by atoms with E-state index in [1.165, 1.54) is 25.3 Å². The minimum Gasteiger partial charge on any atom is -0.496 e. The first-order valence-corrected chi connectivity index (χ1v) is 12.1. The van der Waals surface area contributed by atoms with Crippen LogP contribution in [0.3, 0.4) is 0 Å². The number of benzene rings is 2. The number of hydrogen-bond donors (Lipinski definition) is 2. The van der Waals surface area contributed by atoms with Crippen LogP contribution in [0.1, 0.15) is 41.6 Å². The third-order valence-corrected chi connectivity index (χ3v) is 6.41. The lowest BCUT2D eigenvalue weighted by Gasteiger charge is -2.21. The van der Waals surface area contributed by atoms with Crippen molar-refractivity contribution < 1.29 is 19.2 Å². The minimum atomic E-state index is -0.586. The maximum absolute atomic E-state index is 12.8. The Morgan fingerprint density at radius 1 is 1.19 bits per heavy atom. The van der Waals surface area contributed by atoms with Crippen molar-refractivity contribution in [3.8, 4) is 5.75 Å². The van der Waals surface area contributed by atoms with E-state index >= 15 is 0 Å². The summed E-state index contributed by atoms with van der Waals surface area (Å²) in [5, 5.41) is 25.8. The van der Waals surface area contributed by atoms with E-state index in [1.807, 2.05) is 39.0 Å². The summed E-state index contributed by atoms with van der Waals surface area (Å²) in [6.07, 6.45) is 0. The van der Waals surface area contributed by atoms with Gasteiger partial charge in [0.15, 0.2) is 11.0 Å². The second-order valence-corrected chi connectivity index (χ2v) is 9.38. The Labute approximate surface area is 212 Å². The van der Waals surface area contributed by atoms with E-state index in [-0.39, 0.29) is 29.0 Å². The van der Waals surface area contributed by atoms with Gasteiger partial charge in [-0.2, -0.15) is 0 Å². The molecule has 0 fully saturated rings. The Kier molecular flexibility index (Phi) is 8.64. The van der Waals surface area contributed by atoms with Gasteiger partial charge in [-0.15, -0.1) is 10.2 Å². The van der Waals surface area contributed by atoms with E-state index < -0.39 is 16.9 Å². The number of ether oxygens (including phenoxy) is 1. The van der Waals surface area contributed by atoms with Gasteiger partial charge in [0, 0.05) is 12.6 Å². The van der Waals surface area contributed by atoms with Crippen LogP contribution < -0.4 is 15.4 Å². The summed E-state index contributed by atoms with van der Waals surface area (Å²) >= 11 is 1.13. The number of nitrogens with one attached hydrogen (secondary N) is 2. The van der Waals surface area contributed by atoms with Crippen LogP contribution in [0, 0.1) is 23.0 Å². The molecule has 2 aromatic carbocycles. The molecule has 0 bridgehead atoms. The number of methoxy groups -OCH3 is 1. The Bertz CT molecular complexity index is 1280. The lowest BCUT2D eigenvalue weighted by Crippen LogP contribution is -2.33. The normalized spacial score (nSPS) is 11.7. The van der Waals surface area contributed by atoms with Gasteiger partial charge in [0.1, 0.15) is 11.4 Å². The van der Waals surface area contributed by atoms with Crippen LogP contribution in [0.15, 0.2) is 47.6 Å². The number of carbonyl (C=O) groups excluding carboxylic acids is 2. The number of aromatic nitrogens is 3. The number of nitro groups is 1. The highest BCUT2D eigenvalue weighted by Crippen LogP contribution is 2.29. The molecule has 1 atom stereocenters. The number of carbonyl (C=O) groups is 2. The lowest BCUT2D eigenvalue weighted by molar-refractivity contribution is -0.384. The molecule has 0 spiro atoms. The molecule has 1 heterocycles. The number of aryl methyl sites for hydroxylation is 1. The van der Waals surface area contributed by atoms with E-state index in [2.05, 4.69) is 20.8 Å². The highest BCUT2D eigenvalue weighted by Gasteiger charge is 2.26. The molecule has 0 saturated heterocycles. The molecule has 0 aliphatic carbocycles. The molecule has 36 heavy (non-hydrogen) atoms. The first kappa shape index (κ1) is 26.7. The number of nitrogens with zero attached hydrogens (tertiary/aromatic N) is 4. The molecule has 0 radical (unpaired) electrons. The molecule has 0 saturated carbocycles. The van der Waals surface area contributed by atoms with E-state index in [4.69, 9.17) is 4.74 Å². The number of rotatable bonds is 10. The maximum Gasteiger partial charge on any atom is 0.296 e. The van der Waals surface area contributed by atoms with Crippen LogP contribution >= 0.6 is 11.8 Å². The Balaban J connectivity index is 1.69. The predicted octanol–water partition coefficient (Wildman–Crippen LogP) is 3.90. The molecular weight excluding hydrogens is 484 g/mol. The quantitative estimate of drug-likeness (QED) is 0.237. The molecule has 11 nitrogen and oxygen atoms in total. The number of anilines is 1. The van der Waals surface area contributed by atoms with Crippen molar-refractivity contribution in [1.29, 1.82) is 0 Å². The van der Waals surface area contributed by atoms with Gasteiger partial charge >= 0.3 is 0 Å². The van der Waals surface area contributed by atoms with Crippen molar-refractivity contribution in [2.75, 3.05) is 18.2 Å². The summed E-state index contributed by atoms with van der Waals surface area (Å²) < 4.78 is 6.74. The highest BCUT2D eigenvalue weighted by atomic mass is 32.2. The van der Waals surface area contributed by atoms with Crippen LogP contribution in [-0.2, 0) is 11.8 Å². The van der Waals surface area contributed by atoms with Crippen molar-refractivity contribution in [2.45, 2.75) is 32.0 Å². The third-order valence-electron chi connectivity index (χ3n) is 5.39. The predicted molar refractivity (Wildman–Crippen MR) is 136 cm³/mol. The van der Waals surface area contributed by atoms with Gasteiger partial charge in [-0.1, -0.05) is 43.3 Å². The number of hydrogen-bond acceptors (Lipinski definition) is 8. The smallest absolute Gasteiger partial charge is 0.296 e. The van der Waals surface area contributed by atoms with E-state index in [9.17, 15) is 19.7 Å². The zero-order valence-electron chi connectivity index (χ0n) is 20.6. The van der Waals surface area contributed by atoms with Crippen molar-refractivity contribution in [2.24, 2.45) is 13.0 Å². The van der Waals surface area contributed by atoms with Crippen LogP contribution in [0.5, 0.6) is 5.75 Å². The molecule has 2 amide bonds. The fourth-order valence-corrected chi connectivity index (χ4v) is 4.19. The van der Waals surface area contributed by atoms with Gasteiger partial charge < -0.3 is 19.9 Å². The molecule has 190 valence electrons. The first-order valence-electron chi connectivity index (χ1n) is 11.1. The molecule has 12 heteroatoms. The largest absolute Gasteiger partial charge is 0.496 e. The van der Waals surface area contributed by atoms with Crippen LogP contribution in [-0.4, -0.2) is 44.4 Å². The first-order chi connectivity index (χ1) is 17.1. The Morgan fingerprint density at radius 3 is 2.58 bits per heavy atom. The number of nitro benzene ring substituents is 1. The molecule has 0 aliphatic rings. The fraction of sp³-hybridized carbons (Fsp3) is 0.333. The Morgan fingerprint density at radius 2 is 1.94 bits per heavy atom. The average Bonchev–Trinajstić information content (AvgIpc) is 3.20. The zero-order chi connectivity index (χ0) is 26.4. The topological polar surface area (TPSA) is 141 Å². The fourth-order valence-electron chi connectivity index (χ4n) is 3.47.